The van der Waals surface area contributed by atoms with Gasteiger partial charge in [0.05, 0.1) is 12.5 Å². The molecule has 20 heavy (non-hydrogen) atoms. The zero-order chi connectivity index (χ0) is 14.1. The van der Waals surface area contributed by atoms with Gasteiger partial charge in [0.1, 0.15) is 6.04 Å². The van der Waals surface area contributed by atoms with E-state index in [0.717, 1.165) is 38.7 Å². The maximum absolute atomic E-state index is 12.6. The fourth-order valence-corrected chi connectivity index (χ4v) is 4.14. The lowest BCUT2D eigenvalue weighted by atomic mass is 9.84. The van der Waals surface area contributed by atoms with Gasteiger partial charge >= 0.3 is 5.97 Å². The summed E-state index contributed by atoms with van der Waals surface area (Å²) in [7, 11) is 0. The number of carboxylic acids is 1. The molecule has 1 N–H and O–H groups in total. The second-order valence-corrected chi connectivity index (χ2v) is 6.34. The van der Waals surface area contributed by atoms with Gasteiger partial charge in [0, 0.05) is 12.6 Å². The molecule has 1 aliphatic carbocycles. The third-order valence-corrected chi connectivity index (χ3v) is 5.09. The monoisotopic (exact) mass is 281 g/mol. The molecular formula is C15H23NO4. The molecule has 0 radical (unpaired) electrons. The summed E-state index contributed by atoms with van der Waals surface area (Å²) in [4.78, 5) is 25.7. The van der Waals surface area contributed by atoms with Crippen molar-refractivity contribution < 1.29 is 19.4 Å². The Bertz CT molecular complexity index is 391. The average molecular weight is 281 g/mol. The van der Waals surface area contributed by atoms with Gasteiger partial charge in [-0.05, 0) is 38.0 Å². The largest absolute Gasteiger partial charge is 0.480 e. The summed E-state index contributed by atoms with van der Waals surface area (Å²) in [6, 6.07) is -0.462. The fourth-order valence-electron chi connectivity index (χ4n) is 4.14. The predicted molar refractivity (Wildman–Crippen MR) is 72.2 cm³/mol. The minimum Gasteiger partial charge on any atom is -0.480 e. The van der Waals surface area contributed by atoms with Crippen LogP contribution in [0.1, 0.15) is 51.4 Å². The van der Waals surface area contributed by atoms with Gasteiger partial charge in [-0.15, -0.1) is 0 Å². The first kappa shape index (κ1) is 13.9. The molecule has 0 spiro atoms. The van der Waals surface area contributed by atoms with Crippen LogP contribution in [0.25, 0.3) is 0 Å². The summed E-state index contributed by atoms with van der Waals surface area (Å²) in [6.45, 7) is 0.729. The van der Waals surface area contributed by atoms with Crippen LogP contribution >= 0.6 is 0 Å². The molecule has 1 amide bonds. The normalized spacial score (nSPS) is 36.9. The number of carboxylic acid groups (broad SMARTS) is 1. The number of aliphatic carboxylic acids is 1. The Hall–Kier alpha value is -1.10. The lowest BCUT2D eigenvalue weighted by Crippen LogP contribution is -2.47. The number of amides is 1. The number of rotatable bonds is 3. The highest BCUT2D eigenvalue weighted by molar-refractivity contribution is 5.85. The van der Waals surface area contributed by atoms with Crippen LogP contribution in [0.5, 0.6) is 0 Å². The zero-order valence-electron chi connectivity index (χ0n) is 11.8. The van der Waals surface area contributed by atoms with Gasteiger partial charge in [-0.3, -0.25) is 4.79 Å². The van der Waals surface area contributed by atoms with Crippen LogP contribution < -0.4 is 0 Å². The summed E-state index contributed by atoms with van der Waals surface area (Å²) in [5.74, 6) is -0.475. The van der Waals surface area contributed by atoms with Gasteiger partial charge in [-0.2, -0.15) is 0 Å². The van der Waals surface area contributed by atoms with Crippen LogP contribution in [0.4, 0.5) is 0 Å². The highest BCUT2D eigenvalue weighted by atomic mass is 16.5. The van der Waals surface area contributed by atoms with E-state index < -0.39 is 12.0 Å². The molecule has 3 rings (SSSR count). The van der Waals surface area contributed by atoms with Gasteiger partial charge in [-0.1, -0.05) is 12.8 Å². The number of fused-ring (bicyclic) bond motifs is 1. The predicted octanol–water partition coefficient (Wildman–Crippen LogP) is 1.80. The highest BCUT2D eigenvalue weighted by Gasteiger charge is 2.47. The third kappa shape index (κ3) is 2.55. The lowest BCUT2D eigenvalue weighted by molar-refractivity contribution is -0.150. The smallest absolute Gasteiger partial charge is 0.326 e. The van der Waals surface area contributed by atoms with Crippen molar-refractivity contribution in [2.24, 2.45) is 5.92 Å². The second-order valence-electron chi connectivity index (χ2n) is 6.34. The second kappa shape index (κ2) is 5.72. The van der Waals surface area contributed by atoms with E-state index in [-0.39, 0.29) is 18.1 Å². The molecule has 5 heteroatoms. The lowest BCUT2D eigenvalue weighted by Gasteiger charge is -2.33. The number of ether oxygens (including phenoxy) is 1. The average Bonchev–Trinajstić information content (AvgIpc) is 3.04. The summed E-state index contributed by atoms with van der Waals surface area (Å²) in [5, 5.41) is 9.42. The Morgan fingerprint density at radius 2 is 1.95 bits per heavy atom. The molecule has 0 aromatic carbocycles. The third-order valence-electron chi connectivity index (χ3n) is 5.09. The van der Waals surface area contributed by atoms with Crippen LogP contribution in [0.3, 0.4) is 0 Å². The first-order chi connectivity index (χ1) is 9.66. The number of carbonyl (C=O) groups excluding carboxylic acids is 1. The van der Waals surface area contributed by atoms with Crippen molar-refractivity contribution in [2.45, 2.75) is 69.6 Å². The first-order valence-corrected chi connectivity index (χ1v) is 7.82. The van der Waals surface area contributed by atoms with E-state index in [0.29, 0.717) is 18.8 Å². The molecule has 2 saturated heterocycles. The summed E-state index contributed by atoms with van der Waals surface area (Å²) >= 11 is 0. The number of hydrogen-bond donors (Lipinski definition) is 1. The van der Waals surface area contributed by atoms with Gasteiger partial charge in [-0.25, -0.2) is 4.79 Å². The van der Waals surface area contributed by atoms with Crippen LogP contribution in [0.2, 0.25) is 0 Å². The fraction of sp³-hybridized carbons (Fsp3) is 0.867. The molecule has 1 saturated carbocycles. The van der Waals surface area contributed by atoms with E-state index in [2.05, 4.69) is 0 Å². The summed E-state index contributed by atoms with van der Waals surface area (Å²) < 4.78 is 5.52. The SMILES string of the molecule is O=C(O)C1CC2CCCCC2N1C(=O)CC1CCCO1. The molecule has 4 unspecified atom stereocenters. The topological polar surface area (TPSA) is 66.8 Å². The number of likely N-dealkylation sites (tertiary alicyclic amines) is 1. The Morgan fingerprint density at radius 3 is 2.65 bits per heavy atom. The van der Waals surface area contributed by atoms with Crippen LogP contribution in [0.15, 0.2) is 0 Å². The van der Waals surface area contributed by atoms with E-state index in [4.69, 9.17) is 4.74 Å². The van der Waals surface area contributed by atoms with Crippen LogP contribution in [-0.4, -0.2) is 46.7 Å². The summed E-state index contributed by atoms with van der Waals surface area (Å²) in [5.41, 5.74) is 0. The molecule has 0 aromatic rings. The Labute approximate surface area is 119 Å². The molecule has 2 aliphatic heterocycles. The van der Waals surface area contributed by atoms with E-state index in [1.807, 2.05) is 0 Å². The molecule has 5 nitrogen and oxygen atoms in total. The Kier molecular flexibility index (Phi) is 3.96. The molecule has 0 aromatic heterocycles. The van der Waals surface area contributed by atoms with Crippen molar-refractivity contribution in [3.63, 3.8) is 0 Å². The molecule has 0 bridgehead atoms. The quantitative estimate of drug-likeness (QED) is 0.856. The summed E-state index contributed by atoms with van der Waals surface area (Å²) in [6.07, 6.45) is 7.23. The van der Waals surface area contributed by atoms with Gasteiger partial charge in [0.15, 0.2) is 0 Å². The van der Waals surface area contributed by atoms with E-state index in [9.17, 15) is 14.7 Å². The number of hydrogen-bond acceptors (Lipinski definition) is 3. The van der Waals surface area contributed by atoms with Crippen LogP contribution in [0, 0.1) is 5.92 Å². The van der Waals surface area contributed by atoms with Crippen molar-refractivity contribution in [3.05, 3.63) is 0 Å². The first-order valence-electron chi connectivity index (χ1n) is 7.82. The number of carbonyl (C=O) groups is 2. The number of nitrogens with zero attached hydrogens (tertiary/aromatic N) is 1. The Morgan fingerprint density at radius 1 is 1.15 bits per heavy atom. The van der Waals surface area contributed by atoms with Crippen molar-refractivity contribution in [1.82, 2.24) is 4.90 Å². The van der Waals surface area contributed by atoms with E-state index >= 15 is 0 Å². The Balaban J connectivity index is 1.72. The van der Waals surface area contributed by atoms with Crippen molar-refractivity contribution >= 4 is 11.9 Å². The molecule has 112 valence electrons. The molecule has 2 heterocycles. The van der Waals surface area contributed by atoms with Gasteiger partial charge in [0.2, 0.25) is 5.91 Å². The molecular weight excluding hydrogens is 258 g/mol. The maximum atomic E-state index is 12.6. The van der Waals surface area contributed by atoms with Crippen LogP contribution in [-0.2, 0) is 14.3 Å². The van der Waals surface area contributed by atoms with Gasteiger partial charge < -0.3 is 14.7 Å². The van der Waals surface area contributed by atoms with Crippen molar-refractivity contribution in [3.8, 4) is 0 Å². The van der Waals surface area contributed by atoms with E-state index in [1.54, 1.807) is 4.90 Å². The highest BCUT2D eigenvalue weighted by Crippen LogP contribution is 2.40. The zero-order valence-corrected chi connectivity index (χ0v) is 11.8. The minimum absolute atomic E-state index is 0.000384. The standard InChI is InChI=1S/C15H23NO4/c17-14(9-11-5-3-7-20-11)16-12-6-2-1-4-10(12)8-13(16)15(18)19/h10-13H,1-9H2,(H,18,19). The molecule has 3 aliphatic rings. The van der Waals surface area contributed by atoms with Gasteiger partial charge in [0.25, 0.3) is 0 Å². The molecule has 4 atom stereocenters. The van der Waals surface area contributed by atoms with Crippen molar-refractivity contribution in [1.29, 1.82) is 0 Å². The van der Waals surface area contributed by atoms with Crippen molar-refractivity contribution in [2.75, 3.05) is 6.61 Å². The maximum Gasteiger partial charge on any atom is 0.326 e. The minimum atomic E-state index is -0.847. The molecule has 3 fully saturated rings. The van der Waals surface area contributed by atoms with E-state index in [1.165, 1.54) is 6.42 Å².